The van der Waals surface area contributed by atoms with Crippen LogP contribution in [0.15, 0.2) is 34.7 Å². The summed E-state index contributed by atoms with van der Waals surface area (Å²) in [5.74, 6) is 1.18. The fourth-order valence-electron chi connectivity index (χ4n) is 3.74. The maximum Gasteiger partial charge on any atom is 0.240 e. The van der Waals surface area contributed by atoms with Crippen molar-refractivity contribution in [3.63, 3.8) is 0 Å². The molecule has 4 rings (SSSR count). The van der Waals surface area contributed by atoms with Crippen LogP contribution in [0, 0.1) is 0 Å². The van der Waals surface area contributed by atoms with E-state index in [1.807, 2.05) is 10.3 Å². The number of thiazole rings is 1. The Bertz CT molecular complexity index is 1010. The number of sulfonamides is 1. The van der Waals surface area contributed by atoms with Crippen LogP contribution in [-0.4, -0.2) is 70.1 Å². The first-order valence-electron chi connectivity index (χ1n) is 10.8. The van der Waals surface area contributed by atoms with Crippen molar-refractivity contribution in [2.24, 2.45) is 0 Å². The summed E-state index contributed by atoms with van der Waals surface area (Å²) in [5, 5.41) is 2.97. The smallest absolute Gasteiger partial charge is 0.240 e. The van der Waals surface area contributed by atoms with Gasteiger partial charge in [-0.2, -0.15) is 0 Å². The second kappa shape index (κ2) is 10.5. The first-order valence-corrected chi connectivity index (χ1v) is 13.2. The zero-order valence-electron chi connectivity index (χ0n) is 17.9. The molecule has 2 aliphatic rings. The Hall–Kier alpha value is -2.37. The predicted octanol–water partition coefficient (Wildman–Crippen LogP) is 2.10. The van der Waals surface area contributed by atoms with Gasteiger partial charge in [0.25, 0.3) is 0 Å². The number of unbranched alkanes of at least 4 members (excludes halogenated alkanes) is 2. The largest absolute Gasteiger partial charge is 0.486 e. The summed E-state index contributed by atoms with van der Waals surface area (Å²) in [5.41, 5.74) is 0. The minimum atomic E-state index is -3.61. The molecule has 0 saturated carbocycles. The molecule has 9 nitrogen and oxygen atoms in total. The molecule has 1 fully saturated rings. The van der Waals surface area contributed by atoms with E-state index in [9.17, 15) is 13.2 Å². The summed E-state index contributed by atoms with van der Waals surface area (Å²) < 4.78 is 38.5. The highest BCUT2D eigenvalue weighted by atomic mass is 32.2. The predicted molar refractivity (Wildman–Crippen MR) is 122 cm³/mol. The highest BCUT2D eigenvalue weighted by molar-refractivity contribution is 7.89. The van der Waals surface area contributed by atoms with Crippen LogP contribution < -0.4 is 19.1 Å². The van der Waals surface area contributed by atoms with Gasteiger partial charge >= 0.3 is 0 Å². The van der Waals surface area contributed by atoms with Crippen molar-refractivity contribution >= 4 is 32.4 Å². The highest BCUT2D eigenvalue weighted by Crippen LogP contribution is 2.32. The second-order valence-electron chi connectivity index (χ2n) is 7.70. The number of carbonyl (C=O) groups excluding carboxylic acids is 1. The van der Waals surface area contributed by atoms with Crippen molar-refractivity contribution < 1.29 is 22.7 Å². The van der Waals surface area contributed by atoms with Gasteiger partial charge in [0.1, 0.15) is 13.2 Å². The Morgan fingerprint density at radius 2 is 1.84 bits per heavy atom. The van der Waals surface area contributed by atoms with Crippen molar-refractivity contribution in [2.45, 2.75) is 30.6 Å². The number of nitrogens with zero attached hydrogens (tertiary/aromatic N) is 3. The van der Waals surface area contributed by atoms with E-state index in [0.29, 0.717) is 57.2 Å². The van der Waals surface area contributed by atoms with Crippen molar-refractivity contribution in [2.75, 3.05) is 50.8 Å². The number of piperazine rings is 1. The zero-order valence-corrected chi connectivity index (χ0v) is 19.5. The molecule has 0 spiro atoms. The van der Waals surface area contributed by atoms with Gasteiger partial charge in [-0.3, -0.25) is 4.79 Å². The maximum absolute atomic E-state index is 12.5. The molecule has 1 aromatic carbocycles. The van der Waals surface area contributed by atoms with Gasteiger partial charge in [0.2, 0.25) is 15.9 Å². The van der Waals surface area contributed by atoms with Crippen LogP contribution in [0.5, 0.6) is 11.5 Å². The number of benzene rings is 1. The van der Waals surface area contributed by atoms with E-state index in [-0.39, 0.29) is 10.8 Å². The molecule has 0 bridgehead atoms. The topological polar surface area (TPSA) is 101 Å². The Morgan fingerprint density at radius 1 is 1.06 bits per heavy atom. The molecule has 0 unspecified atom stereocenters. The molecular weight excluding hydrogens is 452 g/mol. The van der Waals surface area contributed by atoms with Crippen LogP contribution in [-0.2, 0) is 14.8 Å². The number of nitrogens with one attached hydrogen (secondary N) is 1. The summed E-state index contributed by atoms with van der Waals surface area (Å²) in [6, 6.07) is 4.62. The lowest BCUT2D eigenvalue weighted by atomic mass is 10.1. The zero-order chi connectivity index (χ0) is 22.4. The number of ether oxygens (including phenoxy) is 2. The van der Waals surface area contributed by atoms with E-state index in [1.54, 1.807) is 23.6 Å². The van der Waals surface area contributed by atoms with Crippen molar-refractivity contribution in [3.05, 3.63) is 29.8 Å². The fraction of sp³-hybridized carbons (Fsp3) is 0.524. The van der Waals surface area contributed by atoms with Gasteiger partial charge in [0.15, 0.2) is 16.6 Å². The third kappa shape index (κ3) is 5.70. The van der Waals surface area contributed by atoms with Gasteiger partial charge in [0.05, 0.1) is 4.90 Å². The Labute approximate surface area is 192 Å². The Kier molecular flexibility index (Phi) is 7.48. The molecule has 1 aromatic heterocycles. The lowest BCUT2D eigenvalue weighted by Crippen LogP contribution is -2.48. The van der Waals surface area contributed by atoms with E-state index in [2.05, 4.69) is 14.6 Å². The maximum atomic E-state index is 12.5. The Morgan fingerprint density at radius 3 is 2.59 bits per heavy atom. The van der Waals surface area contributed by atoms with Crippen molar-refractivity contribution in [1.29, 1.82) is 0 Å². The number of rotatable bonds is 9. The summed E-state index contributed by atoms with van der Waals surface area (Å²) in [7, 11) is -3.61. The summed E-state index contributed by atoms with van der Waals surface area (Å²) in [6.45, 7) is 4.24. The molecule has 0 radical (unpaired) electrons. The van der Waals surface area contributed by atoms with Crippen LogP contribution in [0.2, 0.25) is 0 Å². The fourth-order valence-corrected chi connectivity index (χ4v) is 5.52. The molecule has 0 atom stereocenters. The number of hydrogen-bond acceptors (Lipinski definition) is 8. The first kappa shape index (κ1) is 22.8. The van der Waals surface area contributed by atoms with Gasteiger partial charge in [-0.1, -0.05) is 6.42 Å². The van der Waals surface area contributed by atoms with Crippen molar-refractivity contribution in [1.82, 2.24) is 14.6 Å². The van der Waals surface area contributed by atoms with Gasteiger partial charge in [-0.05, 0) is 25.0 Å². The molecule has 32 heavy (non-hydrogen) atoms. The minimum absolute atomic E-state index is 0.161. The molecule has 174 valence electrons. The van der Waals surface area contributed by atoms with Crippen LogP contribution >= 0.6 is 11.3 Å². The second-order valence-corrected chi connectivity index (χ2v) is 10.3. The molecule has 0 aliphatic carbocycles. The van der Waals surface area contributed by atoms with Crippen LogP contribution in [0.4, 0.5) is 5.13 Å². The molecule has 1 N–H and O–H groups in total. The third-order valence-corrected chi connectivity index (χ3v) is 7.80. The molecular formula is C21H28N4O5S2. The van der Waals surface area contributed by atoms with E-state index < -0.39 is 10.0 Å². The van der Waals surface area contributed by atoms with E-state index in [0.717, 1.165) is 31.1 Å². The number of amides is 1. The minimum Gasteiger partial charge on any atom is -0.486 e. The Balaban J connectivity index is 1.13. The summed E-state index contributed by atoms with van der Waals surface area (Å²) >= 11 is 1.62. The van der Waals surface area contributed by atoms with E-state index in [4.69, 9.17) is 9.47 Å². The lowest BCUT2D eigenvalue weighted by Gasteiger charge is -2.34. The van der Waals surface area contributed by atoms with E-state index in [1.165, 1.54) is 12.1 Å². The third-order valence-electron chi connectivity index (χ3n) is 5.51. The standard InChI is InChI=1S/C21H28N4O5S2/c26-20(24-9-11-25(12-10-24)21-22-8-15-31-21)4-2-1-3-7-23-32(27,28)17-5-6-18-19(16-17)30-14-13-29-18/h5-6,8,15-16,23H,1-4,7,9-14H2. The lowest BCUT2D eigenvalue weighted by molar-refractivity contribution is -0.131. The number of anilines is 1. The van der Waals surface area contributed by atoms with Gasteiger partial charge < -0.3 is 19.3 Å². The van der Waals surface area contributed by atoms with E-state index >= 15 is 0 Å². The molecule has 1 saturated heterocycles. The van der Waals surface area contributed by atoms with Crippen LogP contribution in [0.1, 0.15) is 25.7 Å². The van der Waals surface area contributed by atoms with Gasteiger partial charge in [-0.25, -0.2) is 18.1 Å². The molecule has 2 aromatic rings. The molecule has 3 heterocycles. The summed E-state index contributed by atoms with van der Waals surface area (Å²) in [4.78, 5) is 21.1. The van der Waals surface area contributed by atoms with Gasteiger partial charge in [-0.15, -0.1) is 11.3 Å². The molecule has 2 aliphatic heterocycles. The molecule has 11 heteroatoms. The molecule has 1 amide bonds. The quantitative estimate of drug-likeness (QED) is 0.549. The monoisotopic (exact) mass is 480 g/mol. The first-order chi connectivity index (χ1) is 15.5. The average Bonchev–Trinajstić information content (AvgIpc) is 3.36. The summed E-state index contributed by atoms with van der Waals surface area (Å²) in [6.07, 6.45) is 4.50. The number of fused-ring (bicyclic) bond motifs is 1. The number of carbonyl (C=O) groups is 1. The SMILES string of the molecule is O=C(CCCCCNS(=O)(=O)c1ccc2c(c1)OCCO2)N1CCN(c2nccs2)CC1. The number of aromatic nitrogens is 1. The average molecular weight is 481 g/mol. The van der Waals surface area contributed by atoms with Crippen LogP contribution in [0.3, 0.4) is 0 Å². The van der Waals surface area contributed by atoms with Crippen LogP contribution in [0.25, 0.3) is 0 Å². The van der Waals surface area contributed by atoms with Crippen molar-refractivity contribution in [3.8, 4) is 11.5 Å². The highest BCUT2D eigenvalue weighted by Gasteiger charge is 2.22. The number of hydrogen-bond donors (Lipinski definition) is 1. The normalized spacial score (nSPS) is 16.2. The van der Waals surface area contributed by atoms with Gasteiger partial charge in [0, 0.05) is 56.8 Å².